The Balaban J connectivity index is 1.78. The van der Waals surface area contributed by atoms with Crippen LogP contribution in [0.4, 0.5) is 0 Å². The van der Waals surface area contributed by atoms with E-state index in [9.17, 15) is 18.0 Å². The summed E-state index contributed by atoms with van der Waals surface area (Å²) >= 11 is 0. The summed E-state index contributed by atoms with van der Waals surface area (Å²) in [6.07, 6.45) is -0.0920. The third-order valence-electron chi connectivity index (χ3n) is 3.70. The van der Waals surface area contributed by atoms with E-state index in [1.807, 2.05) is 0 Å². The fraction of sp³-hybridized carbons (Fsp3) is 0.263. The van der Waals surface area contributed by atoms with E-state index in [0.29, 0.717) is 11.1 Å². The smallest absolute Gasteiger partial charge is 0.337 e. The van der Waals surface area contributed by atoms with Gasteiger partial charge < -0.3 is 9.47 Å². The minimum Gasteiger partial charge on any atom is -0.465 e. The molecule has 8 heteroatoms. The Morgan fingerprint density at radius 3 is 2.41 bits per heavy atom. The molecule has 0 aliphatic rings. The van der Waals surface area contributed by atoms with E-state index in [2.05, 4.69) is 9.46 Å². The quantitative estimate of drug-likeness (QED) is 0.693. The lowest BCUT2D eigenvalue weighted by atomic mass is 10.1. The average Bonchev–Trinajstić information content (AvgIpc) is 2.66. The Bertz CT molecular complexity index is 906. The monoisotopic (exact) mass is 391 g/mol. The molecule has 144 valence electrons. The van der Waals surface area contributed by atoms with Gasteiger partial charge in [0.1, 0.15) is 6.61 Å². The Labute approximate surface area is 158 Å². The van der Waals surface area contributed by atoms with Crippen LogP contribution in [0.2, 0.25) is 0 Å². The van der Waals surface area contributed by atoms with Crippen molar-refractivity contribution in [3.8, 4) is 0 Å². The highest BCUT2D eigenvalue weighted by atomic mass is 32.2. The number of nitrogens with one attached hydrogen (secondary N) is 1. The van der Waals surface area contributed by atoms with Crippen molar-refractivity contribution < 1.29 is 27.5 Å². The molecule has 0 aromatic heterocycles. The van der Waals surface area contributed by atoms with Gasteiger partial charge in [0.15, 0.2) is 0 Å². The van der Waals surface area contributed by atoms with Gasteiger partial charge in [-0.3, -0.25) is 4.79 Å². The van der Waals surface area contributed by atoms with Gasteiger partial charge in [0.2, 0.25) is 10.0 Å². The van der Waals surface area contributed by atoms with Gasteiger partial charge in [0.25, 0.3) is 0 Å². The van der Waals surface area contributed by atoms with Crippen LogP contribution in [0.3, 0.4) is 0 Å². The van der Waals surface area contributed by atoms with Crippen LogP contribution in [0.25, 0.3) is 0 Å². The summed E-state index contributed by atoms with van der Waals surface area (Å²) < 4.78 is 36.4. The molecule has 0 fully saturated rings. The summed E-state index contributed by atoms with van der Waals surface area (Å²) in [5.74, 6) is -0.974. The molecule has 0 spiro atoms. The molecule has 0 aliphatic heterocycles. The van der Waals surface area contributed by atoms with E-state index in [1.54, 1.807) is 49.4 Å². The van der Waals surface area contributed by atoms with Crippen molar-refractivity contribution in [3.63, 3.8) is 0 Å². The van der Waals surface area contributed by atoms with Crippen molar-refractivity contribution >= 4 is 22.0 Å². The van der Waals surface area contributed by atoms with Gasteiger partial charge in [-0.25, -0.2) is 17.9 Å². The van der Waals surface area contributed by atoms with Crippen LogP contribution >= 0.6 is 0 Å². The number of hydrogen-bond donors (Lipinski definition) is 1. The number of aryl methyl sites for hydroxylation is 1. The molecule has 0 unspecified atom stereocenters. The molecule has 2 aromatic rings. The fourth-order valence-corrected chi connectivity index (χ4v) is 3.38. The summed E-state index contributed by atoms with van der Waals surface area (Å²) in [6, 6.07) is 13.0. The highest BCUT2D eigenvalue weighted by molar-refractivity contribution is 7.89. The molecule has 0 atom stereocenters. The number of methoxy groups -OCH3 is 1. The van der Waals surface area contributed by atoms with Crippen molar-refractivity contribution in [3.05, 3.63) is 65.2 Å². The average molecular weight is 391 g/mol. The first-order valence-electron chi connectivity index (χ1n) is 8.21. The van der Waals surface area contributed by atoms with Gasteiger partial charge in [-0.2, -0.15) is 0 Å². The first-order chi connectivity index (χ1) is 12.8. The van der Waals surface area contributed by atoms with Crippen molar-refractivity contribution in [1.29, 1.82) is 0 Å². The second-order valence-electron chi connectivity index (χ2n) is 5.81. The SMILES string of the molecule is COC(=O)c1ccc(COC(=O)CCNS(=O)(=O)c2cccc(C)c2)cc1. The lowest BCUT2D eigenvalue weighted by Gasteiger charge is -2.08. The molecule has 0 saturated carbocycles. The number of hydrogen-bond acceptors (Lipinski definition) is 6. The predicted octanol–water partition coefficient (Wildman–Crippen LogP) is 2.19. The first-order valence-corrected chi connectivity index (χ1v) is 9.69. The molecule has 0 bridgehead atoms. The maximum atomic E-state index is 12.2. The Hall–Kier alpha value is -2.71. The van der Waals surface area contributed by atoms with E-state index in [0.717, 1.165) is 5.56 Å². The molecule has 7 nitrogen and oxygen atoms in total. The number of esters is 2. The highest BCUT2D eigenvalue weighted by Gasteiger charge is 2.14. The second kappa shape index (κ2) is 9.29. The van der Waals surface area contributed by atoms with Crippen LogP contribution in [-0.4, -0.2) is 34.0 Å². The topological polar surface area (TPSA) is 98.8 Å². The van der Waals surface area contributed by atoms with Crippen molar-refractivity contribution in [2.24, 2.45) is 0 Å². The molecule has 0 heterocycles. The predicted molar refractivity (Wildman–Crippen MR) is 98.6 cm³/mol. The number of sulfonamides is 1. The molecule has 2 rings (SSSR count). The maximum absolute atomic E-state index is 12.2. The molecular weight excluding hydrogens is 370 g/mol. The third kappa shape index (κ3) is 6.19. The van der Waals surface area contributed by atoms with E-state index in [4.69, 9.17) is 4.74 Å². The molecule has 0 aliphatic carbocycles. The zero-order chi connectivity index (χ0) is 19.9. The summed E-state index contributed by atoms with van der Waals surface area (Å²) in [5, 5.41) is 0. The molecule has 0 saturated heterocycles. The molecule has 2 aromatic carbocycles. The van der Waals surface area contributed by atoms with Crippen LogP contribution < -0.4 is 4.72 Å². The largest absolute Gasteiger partial charge is 0.465 e. The summed E-state index contributed by atoms with van der Waals surface area (Å²) in [7, 11) is -2.37. The van der Waals surface area contributed by atoms with E-state index < -0.39 is 22.0 Å². The minimum absolute atomic E-state index is 0.0327. The van der Waals surface area contributed by atoms with Crippen LogP contribution in [0, 0.1) is 6.92 Å². The number of ether oxygens (including phenoxy) is 2. The third-order valence-corrected chi connectivity index (χ3v) is 5.15. The van der Waals surface area contributed by atoms with Crippen molar-refractivity contribution in [1.82, 2.24) is 4.72 Å². The molecular formula is C19H21NO6S. The van der Waals surface area contributed by atoms with Gasteiger partial charge in [0.05, 0.1) is 24.0 Å². The standard InChI is InChI=1S/C19H21NO6S/c1-14-4-3-5-17(12-14)27(23,24)20-11-10-18(21)26-13-15-6-8-16(9-7-15)19(22)25-2/h3-9,12,20H,10-11,13H2,1-2H3. The maximum Gasteiger partial charge on any atom is 0.337 e. The van der Waals surface area contributed by atoms with Crippen LogP contribution in [-0.2, 0) is 30.9 Å². The lowest BCUT2D eigenvalue weighted by Crippen LogP contribution is -2.26. The molecule has 0 amide bonds. The number of rotatable bonds is 8. The number of carbonyl (C=O) groups is 2. The first kappa shape index (κ1) is 20.6. The van der Waals surface area contributed by atoms with Gasteiger partial charge >= 0.3 is 11.9 Å². The minimum atomic E-state index is -3.66. The van der Waals surface area contributed by atoms with Crippen LogP contribution in [0.1, 0.15) is 27.9 Å². The van der Waals surface area contributed by atoms with Gasteiger partial charge in [-0.1, -0.05) is 24.3 Å². The zero-order valence-electron chi connectivity index (χ0n) is 15.1. The van der Waals surface area contributed by atoms with Gasteiger partial charge in [-0.15, -0.1) is 0 Å². The van der Waals surface area contributed by atoms with Gasteiger partial charge in [0, 0.05) is 6.54 Å². The van der Waals surface area contributed by atoms with E-state index in [-0.39, 0.29) is 24.5 Å². The van der Waals surface area contributed by atoms with Gasteiger partial charge in [-0.05, 0) is 42.3 Å². The Morgan fingerprint density at radius 2 is 1.78 bits per heavy atom. The molecule has 1 N–H and O–H groups in total. The highest BCUT2D eigenvalue weighted by Crippen LogP contribution is 2.11. The van der Waals surface area contributed by atoms with E-state index >= 15 is 0 Å². The normalized spacial score (nSPS) is 11.0. The second-order valence-corrected chi connectivity index (χ2v) is 7.58. The van der Waals surface area contributed by atoms with Crippen LogP contribution in [0.15, 0.2) is 53.4 Å². The molecule has 27 heavy (non-hydrogen) atoms. The Kier molecular flexibility index (Phi) is 7.09. The van der Waals surface area contributed by atoms with Crippen LogP contribution in [0.5, 0.6) is 0 Å². The Morgan fingerprint density at radius 1 is 1.07 bits per heavy atom. The fourth-order valence-electron chi connectivity index (χ4n) is 2.24. The van der Waals surface area contributed by atoms with Crippen molar-refractivity contribution in [2.75, 3.05) is 13.7 Å². The lowest BCUT2D eigenvalue weighted by molar-refractivity contribution is -0.144. The van der Waals surface area contributed by atoms with Crippen molar-refractivity contribution in [2.45, 2.75) is 24.8 Å². The summed E-state index contributed by atoms with van der Waals surface area (Å²) in [4.78, 5) is 23.3. The summed E-state index contributed by atoms with van der Waals surface area (Å²) in [6.45, 7) is 1.77. The molecule has 0 radical (unpaired) electrons. The van der Waals surface area contributed by atoms with E-state index in [1.165, 1.54) is 13.2 Å². The number of benzene rings is 2. The number of carbonyl (C=O) groups excluding carboxylic acids is 2. The zero-order valence-corrected chi connectivity index (χ0v) is 15.9. The summed E-state index contributed by atoms with van der Waals surface area (Å²) in [5.41, 5.74) is 1.94.